The molecule has 31 heavy (non-hydrogen) atoms. The van der Waals surface area contributed by atoms with E-state index >= 15 is 0 Å². The molecule has 11 nitrogen and oxygen atoms in total. The van der Waals surface area contributed by atoms with E-state index in [1.807, 2.05) is 17.5 Å². The van der Waals surface area contributed by atoms with Crippen molar-refractivity contribution in [2.75, 3.05) is 33.4 Å². The van der Waals surface area contributed by atoms with Gasteiger partial charge < -0.3 is 30.0 Å². The highest BCUT2D eigenvalue weighted by Gasteiger charge is 2.66. The summed E-state index contributed by atoms with van der Waals surface area (Å²) < 4.78 is 20.0. The summed E-state index contributed by atoms with van der Waals surface area (Å²) in [6.45, 7) is -0.625. The SMILES string of the molecule is COCOC(=O)C1=C(COC(N)=O)CS[C@@H]2N1C(=O)[C@]2(NC(=O)Cc1cccs1)OC. The van der Waals surface area contributed by atoms with Crippen LogP contribution in [0.25, 0.3) is 0 Å². The molecule has 3 heterocycles. The Hall–Kier alpha value is -2.61. The number of carbonyl (C=O) groups is 4. The summed E-state index contributed by atoms with van der Waals surface area (Å²) in [6, 6.07) is 3.64. The molecule has 0 aromatic carbocycles. The molecular weight excluding hydrogens is 450 g/mol. The van der Waals surface area contributed by atoms with Gasteiger partial charge in [0.05, 0.1) is 6.42 Å². The van der Waals surface area contributed by atoms with E-state index in [1.165, 1.54) is 42.2 Å². The first-order chi connectivity index (χ1) is 14.8. The largest absolute Gasteiger partial charge is 0.445 e. The Labute approximate surface area is 185 Å². The van der Waals surface area contributed by atoms with Gasteiger partial charge in [-0.05, 0) is 11.4 Å². The molecule has 3 N–H and O–H groups in total. The Balaban J connectivity index is 1.83. The average molecular weight is 472 g/mol. The minimum absolute atomic E-state index is 0.0870. The zero-order chi connectivity index (χ0) is 22.6. The van der Waals surface area contributed by atoms with E-state index in [0.717, 1.165) is 4.88 Å². The number of thioether (sulfide) groups is 1. The van der Waals surface area contributed by atoms with Gasteiger partial charge in [0.25, 0.3) is 11.6 Å². The van der Waals surface area contributed by atoms with Crippen LogP contribution < -0.4 is 11.1 Å². The maximum Gasteiger partial charge on any atom is 0.404 e. The molecule has 1 aromatic rings. The topological polar surface area (TPSA) is 146 Å². The fraction of sp³-hybridized carbons (Fsp3) is 0.444. The Morgan fingerprint density at radius 1 is 1.32 bits per heavy atom. The van der Waals surface area contributed by atoms with E-state index < -0.39 is 35.0 Å². The van der Waals surface area contributed by atoms with Crippen LogP contribution in [-0.4, -0.2) is 73.2 Å². The van der Waals surface area contributed by atoms with Gasteiger partial charge in [0, 0.05) is 30.4 Å². The number of hydrogen-bond acceptors (Lipinski definition) is 10. The van der Waals surface area contributed by atoms with Crippen molar-refractivity contribution >= 4 is 47.0 Å². The molecule has 1 fully saturated rings. The Morgan fingerprint density at radius 2 is 2.10 bits per heavy atom. The third kappa shape index (κ3) is 4.54. The molecule has 0 radical (unpaired) electrons. The van der Waals surface area contributed by atoms with Gasteiger partial charge in [-0.1, -0.05) is 6.07 Å². The quantitative estimate of drug-likeness (QED) is 0.292. The standard InChI is InChI=1S/C18H21N3O8S2/c1-26-9-29-14(23)13-10(7-28-17(19)25)8-31-16-18(27-2,15(24)21(13)16)20-12(22)6-11-4-3-5-30-11/h3-5,16H,6-9H2,1-2H3,(H2,19,25)(H,20,22)/t16-,18-/m0/s1. The molecule has 0 unspecified atom stereocenters. The van der Waals surface area contributed by atoms with E-state index in [-0.39, 0.29) is 31.3 Å². The summed E-state index contributed by atoms with van der Waals surface area (Å²) in [5, 5.41) is 3.79. The monoisotopic (exact) mass is 471 g/mol. The number of esters is 1. The molecule has 0 aliphatic carbocycles. The lowest BCUT2D eigenvalue weighted by molar-refractivity contribution is -0.193. The number of ether oxygens (including phenoxy) is 4. The zero-order valence-corrected chi connectivity index (χ0v) is 18.4. The van der Waals surface area contributed by atoms with Crippen molar-refractivity contribution in [3.8, 4) is 0 Å². The van der Waals surface area contributed by atoms with Crippen LogP contribution in [0, 0.1) is 0 Å². The molecule has 3 amide bonds. The van der Waals surface area contributed by atoms with Crippen LogP contribution in [0.15, 0.2) is 28.8 Å². The van der Waals surface area contributed by atoms with E-state index in [9.17, 15) is 19.2 Å². The van der Waals surface area contributed by atoms with Crippen molar-refractivity contribution in [2.45, 2.75) is 17.5 Å². The second-order valence-electron chi connectivity index (χ2n) is 6.48. The molecule has 3 rings (SSSR count). The Morgan fingerprint density at radius 3 is 2.71 bits per heavy atom. The predicted molar refractivity (Wildman–Crippen MR) is 110 cm³/mol. The number of rotatable bonds is 9. The summed E-state index contributed by atoms with van der Waals surface area (Å²) in [4.78, 5) is 51.3. The second-order valence-corrected chi connectivity index (χ2v) is 8.58. The Kier molecular flexibility index (Phi) is 7.20. The number of β-lactam (4-membered cyclic amide) rings is 1. The van der Waals surface area contributed by atoms with Gasteiger partial charge in [-0.3, -0.25) is 14.5 Å². The third-order valence-corrected chi connectivity index (χ3v) is 6.81. The van der Waals surface area contributed by atoms with Crippen molar-refractivity contribution in [2.24, 2.45) is 5.73 Å². The number of amides is 3. The number of nitrogens with two attached hydrogens (primary N) is 1. The molecule has 2 aliphatic rings. The number of methoxy groups -OCH3 is 2. The minimum atomic E-state index is -1.64. The van der Waals surface area contributed by atoms with Crippen LogP contribution in [0.3, 0.4) is 0 Å². The number of nitrogens with zero attached hydrogens (tertiary/aromatic N) is 1. The Bertz CT molecular complexity index is 904. The fourth-order valence-corrected chi connectivity index (χ4v) is 5.33. The van der Waals surface area contributed by atoms with Gasteiger partial charge in [0.1, 0.15) is 17.7 Å². The summed E-state index contributed by atoms with van der Waals surface area (Å²) in [5.74, 6) is -1.66. The summed E-state index contributed by atoms with van der Waals surface area (Å²) in [6.07, 6.45) is -0.935. The number of fused-ring (bicyclic) bond motifs is 1. The van der Waals surface area contributed by atoms with Crippen LogP contribution >= 0.6 is 23.1 Å². The van der Waals surface area contributed by atoms with Crippen LogP contribution in [0.4, 0.5) is 4.79 Å². The maximum absolute atomic E-state index is 13.1. The van der Waals surface area contributed by atoms with E-state index in [2.05, 4.69) is 5.32 Å². The summed E-state index contributed by atoms with van der Waals surface area (Å²) in [7, 11) is 2.64. The van der Waals surface area contributed by atoms with E-state index in [4.69, 9.17) is 24.7 Å². The lowest BCUT2D eigenvalue weighted by Gasteiger charge is -2.55. The van der Waals surface area contributed by atoms with Gasteiger partial charge in [0.2, 0.25) is 5.91 Å². The second kappa shape index (κ2) is 9.68. The molecule has 2 aliphatic heterocycles. The molecule has 168 valence electrons. The fourth-order valence-electron chi connectivity index (χ4n) is 3.20. The number of carbonyl (C=O) groups excluding carboxylic acids is 4. The molecule has 1 aromatic heterocycles. The van der Waals surface area contributed by atoms with Crippen LogP contribution in [0.1, 0.15) is 4.88 Å². The normalized spacial score (nSPS) is 22.5. The lowest BCUT2D eigenvalue weighted by Crippen LogP contribution is -2.80. The zero-order valence-electron chi connectivity index (χ0n) is 16.7. The smallest absolute Gasteiger partial charge is 0.404 e. The maximum atomic E-state index is 13.1. The van der Waals surface area contributed by atoms with Gasteiger partial charge in [-0.2, -0.15) is 0 Å². The van der Waals surface area contributed by atoms with Crippen molar-refractivity contribution in [1.29, 1.82) is 0 Å². The summed E-state index contributed by atoms with van der Waals surface area (Å²) >= 11 is 2.66. The molecule has 1 saturated heterocycles. The van der Waals surface area contributed by atoms with Crippen molar-refractivity contribution in [1.82, 2.24) is 10.2 Å². The molecular formula is C18H21N3O8S2. The van der Waals surface area contributed by atoms with Gasteiger partial charge >= 0.3 is 12.1 Å². The molecule has 13 heteroatoms. The van der Waals surface area contributed by atoms with Crippen molar-refractivity contribution in [3.05, 3.63) is 33.7 Å². The first-order valence-corrected chi connectivity index (χ1v) is 10.9. The first kappa shape index (κ1) is 23.1. The molecule has 0 bridgehead atoms. The number of thiophene rings is 1. The van der Waals surface area contributed by atoms with Crippen LogP contribution in [0.5, 0.6) is 0 Å². The average Bonchev–Trinajstić information content (AvgIpc) is 3.26. The van der Waals surface area contributed by atoms with Gasteiger partial charge in [0.15, 0.2) is 6.79 Å². The van der Waals surface area contributed by atoms with E-state index in [0.29, 0.717) is 5.57 Å². The van der Waals surface area contributed by atoms with Crippen molar-refractivity contribution < 1.29 is 38.1 Å². The minimum Gasteiger partial charge on any atom is -0.445 e. The predicted octanol–water partition coefficient (Wildman–Crippen LogP) is 0.161. The van der Waals surface area contributed by atoms with Crippen LogP contribution in [-0.2, 0) is 39.8 Å². The van der Waals surface area contributed by atoms with Gasteiger partial charge in [-0.25, -0.2) is 9.59 Å². The molecule has 0 saturated carbocycles. The first-order valence-electron chi connectivity index (χ1n) is 8.98. The third-order valence-electron chi connectivity index (χ3n) is 4.56. The number of nitrogens with one attached hydrogen (secondary N) is 1. The molecule has 0 spiro atoms. The highest BCUT2D eigenvalue weighted by molar-refractivity contribution is 8.00. The number of primary amides is 1. The summed E-state index contributed by atoms with van der Waals surface area (Å²) in [5.41, 5.74) is 3.63. The molecule has 2 atom stereocenters. The van der Waals surface area contributed by atoms with E-state index in [1.54, 1.807) is 0 Å². The highest BCUT2D eigenvalue weighted by Crippen LogP contribution is 2.46. The van der Waals surface area contributed by atoms with Gasteiger partial charge in [-0.15, -0.1) is 23.1 Å². The van der Waals surface area contributed by atoms with Crippen molar-refractivity contribution in [3.63, 3.8) is 0 Å². The van der Waals surface area contributed by atoms with Crippen LogP contribution in [0.2, 0.25) is 0 Å². The highest BCUT2D eigenvalue weighted by atomic mass is 32.2. The number of hydrogen-bond donors (Lipinski definition) is 2. The lowest BCUT2D eigenvalue weighted by atomic mass is 9.98.